The second kappa shape index (κ2) is 12.8. The molecule has 0 heterocycles. The van der Waals surface area contributed by atoms with Crippen molar-refractivity contribution in [1.29, 1.82) is 0 Å². The first-order chi connectivity index (χ1) is 26.6. The minimum absolute atomic E-state index is 0.147. The molecule has 256 valence electrons. The number of hydrogen-bond donors (Lipinski definition) is 0. The van der Waals surface area contributed by atoms with Crippen LogP contribution in [0, 0.1) is 0 Å². The van der Waals surface area contributed by atoms with Gasteiger partial charge in [0.1, 0.15) is 0 Å². The number of rotatable bonds is 6. The first kappa shape index (κ1) is 32.0. The molecular weight excluding hydrogens is 651 g/mol. The summed E-state index contributed by atoms with van der Waals surface area (Å²) < 4.78 is 0. The Kier molecular flexibility index (Phi) is 7.56. The Morgan fingerprint density at radius 2 is 0.870 bits per heavy atom. The van der Waals surface area contributed by atoms with Gasteiger partial charge in [0, 0.05) is 22.5 Å². The zero-order chi connectivity index (χ0) is 36.2. The molecule has 1 heteroatoms. The Bertz CT molecular complexity index is 2830. The topological polar surface area (TPSA) is 3.24 Å². The molecule has 1 nitrogen and oxygen atoms in total. The van der Waals surface area contributed by atoms with Gasteiger partial charge in [-0.3, -0.25) is 0 Å². The monoisotopic (exact) mass is 689 g/mol. The number of benzene rings is 9. The molecule has 0 amide bonds. The van der Waals surface area contributed by atoms with Crippen LogP contribution < -0.4 is 4.90 Å². The highest BCUT2D eigenvalue weighted by Gasteiger charge is 2.37. The molecule has 9 aromatic carbocycles. The summed E-state index contributed by atoms with van der Waals surface area (Å²) in [4.78, 5) is 2.40. The van der Waals surface area contributed by atoms with E-state index in [1.165, 1.54) is 77.2 Å². The third-order valence-electron chi connectivity index (χ3n) is 11.5. The summed E-state index contributed by atoms with van der Waals surface area (Å²) >= 11 is 0. The van der Waals surface area contributed by atoms with E-state index in [9.17, 15) is 0 Å². The molecule has 0 spiro atoms. The maximum absolute atomic E-state index is 2.42. The highest BCUT2D eigenvalue weighted by atomic mass is 15.1. The summed E-state index contributed by atoms with van der Waals surface area (Å²) in [6.07, 6.45) is 0. The van der Waals surface area contributed by atoms with Gasteiger partial charge in [0.15, 0.2) is 0 Å². The molecule has 0 aliphatic heterocycles. The van der Waals surface area contributed by atoms with E-state index in [0.29, 0.717) is 0 Å². The largest absolute Gasteiger partial charge is 0.310 e. The van der Waals surface area contributed by atoms with Gasteiger partial charge in [-0.15, -0.1) is 0 Å². The predicted octanol–water partition coefficient (Wildman–Crippen LogP) is 14.8. The molecule has 0 N–H and O–H groups in total. The van der Waals surface area contributed by atoms with Gasteiger partial charge < -0.3 is 4.90 Å². The quantitative estimate of drug-likeness (QED) is 0.168. The summed E-state index contributed by atoms with van der Waals surface area (Å²) in [5, 5.41) is 5.02. The van der Waals surface area contributed by atoms with Crippen LogP contribution >= 0.6 is 0 Å². The van der Waals surface area contributed by atoms with Crippen molar-refractivity contribution in [2.75, 3.05) is 4.90 Å². The fraction of sp³-hybridized carbons (Fsp3) is 0.0566. The van der Waals surface area contributed by atoms with Crippen LogP contribution in [0.4, 0.5) is 17.1 Å². The van der Waals surface area contributed by atoms with Crippen LogP contribution in [0.2, 0.25) is 0 Å². The van der Waals surface area contributed by atoms with Gasteiger partial charge in [-0.25, -0.2) is 0 Å². The van der Waals surface area contributed by atoms with Crippen molar-refractivity contribution in [3.05, 3.63) is 211 Å². The van der Waals surface area contributed by atoms with Crippen LogP contribution in [-0.2, 0) is 5.41 Å². The van der Waals surface area contributed by atoms with Crippen molar-refractivity contribution in [3.63, 3.8) is 0 Å². The fourth-order valence-electron chi connectivity index (χ4n) is 8.83. The van der Waals surface area contributed by atoms with Crippen LogP contribution in [0.5, 0.6) is 0 Å². The standard InChI is InChI=1S/C53H39N/c1-53(2)49-26-14-24-45(37-15-5-3-6-16-37)52(49)48-34-32-42(35-50(48)53)54(40-20-7-4-8-21-40)41-30-27-39(28-31-41)46-33-29-38-18-10-12-23-44(38)51(46)47-25-13-19-36-17-9-11-22-43(36)47/h3-35H,1-2H3. The number of fused-ring (bicyclic) bond motifs is 5. The third kappa shape index (κ3) is 5.16. The Morgan fingerprint density at radius 3 is 1.65 bits per heavy atom. The normalized spacial score (nSPS) is 12.8. The van der Waals surface area contributed by atoms with Gasteiger partial charge in [0.05, 0.1) is 0 Å². The zero-order valence-electron chi connectivity index (χ0n) is 30.5. The lowest BCUT2D eigenvalue weighted by atomic mass is 9.81. The lowest BCUT2D eigenvalue weighted by Gasteiger charge is -2.28. The molecule has 1 aliphatic carbocycles. The molecule has 0 unspecified atom stereocenters. The minimum Gasteiger partial charge on any atom is -0.310 e. The Morgan fingerprint density at radius 1 is 0.333 bits per heavy atom. The second-order valence-corrected chi connectivity index (χ2v) is 14.9. The predicted molar refractivity (Wildman–Crippen MR) is 230 cm³/mol. The average molecular weight is 690 g/mol. The number of nitrogens with zero attached hydrogens (tertiary/aromatic N) is 1. The highest BCUT2D eigenvalue weighted by molar-refractivity contribution is 6.10. The van der Waals surface area contributed by atoms with Crippen LogP contribution in [0.1, 0.15) is 25.0 Å². The maximum atomic E-state index is 2.42. The highest BCUT2D eigenvalue weighted by Crippen LogP contribution is 2.53. The van der Waals surface area contributed by atoms with Crippen molar-refractivity contribution >= 4 is 38.6 Å². The van der Waals surface area contributed by atoms with E-state index in [0.717, 1.165) is 17.1 Å². The summed E-state index contributed by atoms with van der Waals surface area (Å²) in [5.74, 6) is 0. The van der Waals surface area contributed by atoms with E-state index in [4.69, 9.17) is 0 Å². The Hall–Kier alpha value is -6.70. The molecule has 0 aromatic heterocycles. The number of para-hydroxylation sites is 1. The Balaban J connectivity index is 1.10. The van der Waals surface area contributed by atoms with Crippen molar-refractivity contribution in [2.24, 2.45) is 0 Å². The molecular formula is C53H39N. The lowest BCUT2D eigenvalue weighted by molar-refractivity contribution is 0.660. The summed E-state index contributed by atoms with van der Waals surface area (Å²) in [6, 6.07) is 73.3. The SMILES string of the molecule is CC1(C)c2cc(N(c3ccccc3)c3ccc(-c4ccc5ccccc5c4-c4cccc5ccccc45)cc3)ccc2-c2c(-c3ccccc3)cccc21. The zero-order valence-corrected chi connectivity index (χ0v) is 30.5. The van der Waals surface area contributed by atoms with Gasteiger partial charge in [-0.2, -0.15) is 0 Å². The van der Waals surface area contributed by atoms with E-state index in [1.54, 1.807) is 0 Å². The third-order valence-corrected chi connectivity index (χ3v) is 11.5. The lowest BCUT2D eigenvalue weighted by Crippen LogP contribution is -2.16. The molecule has 0 bridgehead atoms. The van der Waals surface area contributed by atoms with Gasteiger partial charge in [0.25, 0.3) is 0 Å². The minimum atomic E-state index is -0.147. The van der Waals surface area contributed by atoms with Gasteiger partial charge in [-0.1, -0.05) is 178 Å². The molecule has 9 aromatic rings. The summed E-state index contributed by atoms with van der Waals surface area (Å²) in [6.45, 7) is 4.74. The van der Waals surface area contributed by atoms with Gasteiger partial charge >= 0.3 is 0 Å². The number of hydrogen-bond acceptors (Lipinski definition) is 1. The van der Waals surface area contributed by atoms with Crippen LogP contribution in [0.15, 0.2) is 200 Å². The van der Waals surface area contributed by atoms with Crippen LogP contribution in [-0.4, -0.2) is 0 Å². The summed E-state index contributed by atoms with van der Waals surface area (Å²) in [5.41, 5.74) is 16.2. The smallest absolute Gasteiger partial charge is 0.0465 e. The van der Waals surface area contributed by atoms with Crippen molar-refractivity contribution < 1.29 is 0 Å². The second-order valence-electron chi connectivity index (χ2n) is 14.9. The molecule has 10 rings (SSSR count). The van der Waals surface area contributed by atoms with E-state index >= 15 is 0 Å². The first-order valence-electron chi connectivity index (χ1n) is 18.9. The van der Waals surface area contributed by atoms with E-state index in [-0.39, 0.29) is 5.41 Å². The van der Waals surface area contributed by atoms with Gasteiger partial charge in [0.2, 0.25) is 0 Å². The molecule has 0 fully saturated rings. The molecule has 0 radical (unpaired) electrons. The molecule has 0 saturated heterocycles. The summed E-state index contributed by atoms with van der Waals surface area (Å²) in [7, 11) is 0. The average Bonchev–Trinajstić information content (AvgIpc) is 3.47. The van der Waals surface area contributed by atoms with E-state index in [2.05, 4.69) is 219 Å². The van der Waals surface area contributed by atoms with E-state index in [1.807, 2.05) is 0 Å². The van der Waals surface area contributed by atoms with E-state index < -0.39 is 0 Å². The van der Waals surface area contributed by atoms with Crippen LogP contribution in [0.25, 0.3) is 66.1 Å². The fourth-order valence-corrected chi connectivity index (χ4v) is 8.83. The van der Waals surface area contributed by atoms with Crippen molar-refractivity contribution in [1.82, 2.24) is 0 Å². The molecule has 0 atom stereocenters. The molecule has 0 saturated carbocycles. The maximum Gasteiger partial charge on any atom is 0.0465 e. The molecule has 1 aliphatic rings. The van der Waals surface area contributed by atoms with Crippen molar-refractivity contribution in [3.8, 4) is 44.5 Å². The first-order valence-corrected chi connectivity index (χ1v) is 18.9. The van der Waals surface area contributed by atoms with Gasteiger partial charge in [-0.05, 0) is 114 Å². The Labute approximate surface area is 317 Å². The van der Waals surface area contributed by atoms with Crippen molar-refractivity contribution in [2.45, 2.75) is 19.3 Å². The molecule has 54 heavy (non-hydrogen) atoms. The number of anilines is 3. The van der Waals surface area contributed by atoms with Crippen LogP contribution in [0.3, 0.4) is 0 Å².